The highest BCUT2D eigenvalue weighted by atomic mass is 16.5. The van der Waals surface area contributed by atoms with E-state index in [2.05, 4.69) is 10.00 Å². The average molecular weight is 353 g/mol. The van der Waals surface area contributed by atoms with E-state index < -0.39 is 0 Å². The van der Waals surface area contributed by atoms with Crippen LogP contribution in [0.3, 0.4) is 0 Å². The average Bonchev–Trinajstić information content (AvgIpc) is 3.20. The SMILES string of the molecule is Cn1nc(-c2ccc(OC3CCN(C4CCCC4)CC3)cc2)ccc1=O. The van der Waals surface area contributed by atoms with Crippen molar-refractivity contribution < 1.29 is 4.74 Å². The molecule has 2 aromatic rings. The Bertz CT molecular complexity index is 786. The fourth-order valence-electron chi connectivity index (χ4n) is 4.18. The van der Waals surface area contributed by atoms with Crippen LogP contribution >= 0.6 is 0 Å². The van der Waals surface area contributed by atoms with Crippen molar-refractivity contribution in [1.29, 1.82) is 0 Å². The summed E-state index contributed by atoms with van der Waals surface area (Å²) in [5.41, 5.74) is 1.69. The topological polar surface area (TPSA) is 47.4 Å². The van der Waals surface area contributed by atoms with Gasteiger partial charge in [0.1, 0.15) is 11.9 Å². The highest BCUT2D eigenvalue weighted by Crippen LogP contribution is 2.28. The molecule has 138 valence electrons. The molecule has 5 heteroatoms. The zero-order valence-electron chi connectivity index (χ0n) is 15.4. The molecule has 0 unspecified atom stereocenters. The number of rotatable bonds is 4. The first-order chi connectivity index (χ1) is 12.7. The lowest BCUT2D eigenvalue weighted by atomic mass is 10.0. The molecule has 1 aliphatic carbocycles. The van der Waals surface area contributed by atoms with Gasteiger partial charge in [0.25, 0.3) is 5.56 Å². The van der Waals surface area contributed by atoms with Gasteiger partial charge in [0.15, 0.2) is 0 Å². The summed E-state index contributed by atoms with van der Waals surface area (Å²) in [4.78, 5) is 14.1. The molecule has 1 aliphatic heterocycles. The van der Waals surface area contributed by atoms with Crippen LogP contribution in [0.15, 0.2) is 41.2 Å². The summed E-state index contributed by atoms with van der Waals surface area (Å²) in [7, 11) is 1.67. The van der Waals surface area contributed by atoms with E-state index in [1.54, 1.807) is 19.2 Å². The van der Waals surface area contributed by atoms with Crippen LogP contribution in [0.5, 0.6) is 5.75 Å². The first-order valence-corrected chi connectivity index (χ1v) is 9.74. The van der Waals surface area contributed by atoms with E-state index in [9.17, 15) is 4.79 Å². The number of likely N-dealkylation sites (tertiary alicyclic amines) is 1. The van der Waals surface area contributed by atoms with Crippen molar-refractivity contribution in [3.63, 3.8) is 0 Å². The molecule has 5 nitrogen and oxygen atoms in total. The van der Waals surface area contributed by atoms with Gasteiger partial charge >= 0.3 is 0 Å². The molecule has 1 saturated heterocycles. The summed E-state index contributed by atoms with van der Waals surface area (Å²) in [6.45, 7) is 2.32. The number of benzene rings is 1. The van der Waals surface area contributed by atoms with Crippen molar-refractivity contribution >= 4 is 0 Å². The summed E-state index contributed by atoms with van der Waals surface area (Å²) in [5.74, 6) is 0.915. The largest absolute Gasteiger partial charge is 0.490 e. The number of hydrogen-bond acceptors (Lipinski definition) is 4. The van der Waals surface area contributed by atoms with E-state index >= 15 is 0 Å². The number of hydrogen-bond donors (Lipinski definition) is 0. The molecule has 26 heavy (non-hydrogen) atoms. The van der Waals surface area contributed by atoms with E-state index in [4.69, 9.17) is 4.74 Å². The van der Waals surface area contributed by atoms with Crippen LogP contribution in [0.1, 0.15) is 38.5 Å². The Kier molecular flexibility index (Phi) is 5.07. The number of ether oxygens (including phenoxy) is 1. The predicted molar refractivity (Wildman–Crippen MR) is 102 cm³/mol. The monoisotopic (exact) mass is 353 g/mol. The Balaban J connectivity index is 1.34. The summed E-state index contributed by atoms with van der Waals surface area (Å²) in [5, 5.41) is 4.29. The Morgan fingerprint density at radius 2 is 1.65 bits per heavy atom. The van der Waals surface area contributed by atoms with Gasteiger partial charge in [0.05, 0.1) is 5.69 Å². The normalized spacial score (nSPS) is 19.7. The Morgan fingerprint density at radius 3 is 2.31 bits per heavy atom. The molecule has 2 heterocycles. The van der Waals surface area contributed by atoms with Crippen LogP contribution in [0.25, 0.3) is 11.3 Å². The highest BCUT2D eigenvalue weighted by molar-refractivity contribution is 5.59. The third-order valence-electron chi connectivity index (χ3n) is 5.73. The highest BCUT2D eigenvalue weighted by Gasteiger charge is 2.27. The Morgan fingerprint density at radius 1 is 0.962 bits per heavy atom. The van der Waals surface area contributed by atoms with Gasteiger partial charge < -0.3 is 9.64 Å². The van der Waals surface area contributed by atoms with Gasteiger partial charge in [-0.3, -0.25) is 4.79 Å². The molecule has 1 aromatic carbocycles. The molecule has 2 aliphatic rings. The lowest BCUT2D eigenvalue weighted by Crippen LogP contribution is -2.43. The van der Waals surface area contributed by atoms with E-state index in [1.165, 1.54) is 30.4 Å². The van der Waals surface area contributed by atoms with Gasteiger partial charge in [-0.05, 0) is 56.0 Å². The van der Waals surface area contributed by atoms with Crippen LogP contribution in [-0.2, 0) is 7.05 Å². The van der Waals surface area contributed by atoms with Gasteiger partial charge in [-0.2, -0.15) is 5.10 Å². The fraction of sp³-hybridized carbons (Fsp3) is 0.524. The summed E-state index contributed by atoms with van der Waals surface area (Å²) >= 11 is 0. The first kappa shape index (κ1) is 17.3. The van der Waals surface area contributed by atoms with Crippen molar-refractivity contribution in [3.05, 3.63) is 46.8 Å². The van der Waals surface area contributed by atoms with Gasteiger partial charge in [0.2, 0.25) is 0 Å². The summed E-state index contributed by atoms with van der Waals surface area (Å²) in [6.07, 6.45) is 8.10. The summed E-state index contributed by atoms with van der Waals surface area (Å²) < 4.78 is 7.56. The minimum absolute atomic E-state index is 0.0994. The molecule has 0 N–H and O–H groups in total. The minimum Gasteiger partial charge on any atom is -0.490 e. The Hall–Kier alpha value is -2.14. The molecule has 0 spiro atoms. The molecular weight excluding hydrogens is 326 g/mol. The van der Waals surface area contributed by atoms with Crippen molar-refractivity contribution in [2.75, 3.05) is 13.1 Å². The number of aryl methyl sites for hydroxylation is 1. The molecule has 1 saturated carbocycles. The van der Waals surface area contributed by atoms with Gasteiger partial charge in [-0.1, -0.05) is 12.8 Å². The third kappa shape index (κ3) is 3.83. The molecule has 2 fully saturated rings. The molecular formula is C21H27N3O2. The van der Waals surface area contributed by atoms with Gasteiger partial charge in [-0.25, -0.2) is 4.68 Å². The maximum Gasteiger partial charge on any atom is 0.266 e. The van der Waals surface area contributed by atoms with E-state index in [-0.39, 0.29) is 5.56 Å². The van der Waals surface area contributed by atoms with Crippen molar-refractivity contribution in [2.24, 2.45) is 7.05 Å². The van der Waals surface area contributed by atoms with Crippen LogP contribution < -0.4 is 10.3 Å². The maximum atomic E-state index is 11.5. The molecule has 0 radical (unpaired) electrons. The minimum atomic E-state index is -0.0994. The standard InChI is InChI=1S/C21H27N3O2/c1-23-21(25)11-10-20(22-23)16-6-8-18(9-7-16)26-19-12-14-24(15-13-19)17-4-2-3-5-17/h6-11,17,19H,2-5,12-15H2,1H3. The molecule has 4 rings (SSSR count). The lowest BCUT2D eigenvalue weighted by Gasteiger charge is -2.36. The van der Waals surface area contributed by atoms with Crippen molar-refractivity contribution in [3.8, 4) is 17.0 Å². The zero-order valence-corrected chi connectivity index (χ0v) is 15.4. The van der Waals surface area contributed by atoms with Crippen LogP contribution in [0, 0.1) is 0 Å². The molecule has 1 aromatic heterocycles. The Labute approximate surface area is 154 Å². The van der Waals surface area contributed by atoms with Gasteiger partial charge in [0, 0.05) is 37.8 Å². The summed E-state index contributed by atoms with van der Waals surface area (Å²) in [6, 6.07) is 12.2. The number of aromatic nitrogens is 2. The van der Waals surface area contributed by atoms with E-state index in [1.807, 2.05) is 24.3 Å². The van der Waals surface area contributed by atoms with Crippen molar-refractivity contribution in [2.45, 2.75) is 50.7 Å². The van der Waals surface area contributed by atoms with Crippen molar-refractivity contribution in [1.82, 2.24) is 14.7 Å². The molecule has 0 bridgehead atoms. The maximum absolute atomic E-state index is 11.5. The quantitative estimate of drug-likeness (QED) is 0.847. The number of piperidine rings is 1. The lowest BCUT2D eigenvalue weighted by molar-refractivity contribution is 0.0768. The molecule has 0 amide bonds. The van der Waals surface area contributed by atoms with E-state index in [0.29, 0.717) is 6.10 Å². The van der Waals surface area contributed by atoms with Gasteiger partial charge in [-0.15, -0.1) is 0 Å². The number of nitrogens with zero attached hydrogens (tertiary/aromatic N) is 3. The zero-order chi connectivity index (χ0) is 17.9. The second-order valence-electron chi connectivity index (χ2n) is 7.50. The van der Waals surface area contributed by atoms with Crippen LogP contribution in [0.2, 0.25) is 0 Å². The predicted octanol–water partition coefficient (Wildman–Crippen LogP) is 3.23. The smallest absolute Gasteiger partial charge is 0.266 e. The van der Waals surface area contributed by atoms with E-state index in [0.717, 1.165) is 49.0 Å². The first-order valence-electron chi connectivity index (χ1n) is 9.74. The second kappa shape index (κ2) is 7.62. The molecule has 0 atom stereocenters. The fourth-order valence-corrected chi connectivity index (χ4v) is 4.18. The van der Waals surface area contributed by atoms with Crippen LogP contribution in [-0.4, -0.2) is 39.9 Å². The van der Waals surface area contributed by atoms with Crippen LogP contribution in [0.4, 0.5) is 0 Å². The third-order valence-corrected chi connectivity index (χ3v) is 5.73. The second-order valence-corrected chi connectivity index (χ2v) is 7.50.